The van der Waals surface area contributed by atoms with E-state index in [9.17, 15) is 9.59 Å². The maximum atomic E-state index is 11.9. The minimum atomic E-state index is -0.487. The molecule has 4 heteroatoms. The molecule has 0 atom stereocenters. The van der Waals surface area contributed by atoms with Gasteiger partial charge in [-0.1, -0.05) is 36.4 Å². The lowest BCUT2D eigenvalue weighted by atomic mass is 10.1. The average Bonchev–Trinajstić information content (AvgIpc) is 2.52. The molecule has 2 aromatic rings. The van der Waals surface area contributed by atoms with Crippen LogP contribution < -0.4 is 4.74 Å². The standard InChI is InChI=1S/C21H24O4/c1-15-18(13-22)9-6-10-19(15)24-14-17-8-5-7-16(11-17)12-20(23)25-21(2,3)4/h5-11,13H,12,14H2,1-4H3. The van der Waals surface area contributed by atoms with Crippen LogP contribution in [0.3, 0.4) is 0 Å². The highest BCUT2D eigenvalue weighted by Gasteiger charge is 2.16. The summed E-state index contributed by atoms with van der Waals surface area (Å²) in [5, 5.41) is 0. The fourth-order valence-corrected chi connectivity index (χ4v) is 2.45. The van der Waals surface area contributed by atoms with Crippen LogP contribution in [0.2, 0.25) is 0 Å². The van der Waals surface area contributed by atoms with Gasteiger partial charge in [-0.05, 0) is 44.9 Å². The predicted octanol–water partition coefficient (Wildman–Crippen LogP) is 4.27. The van der Waals surface area contributed by atoms with Crippen molar-refractivity contribution in [1.29, 1.82) is 0 Å². The van der Waals surface area contributed by atoms with Gasteiger partial charge in [0.25, 0.3) is 0 Å². The Bertz CT molecular complexity index is 757. The lowest BCUT2D eigenvalue weighted by molar-refractivity contribution is -0.153. The Kier molecular flexibility index (Phi) is 5.97. The van der Waals surface area contributed by atoms with Crippen molar-refractivity contribution in [2.75, 3.05) is 0 Å². The molecule has 0 fully saturated rings. The summed E-state index contributed by atoms with van der Waals surface area (Å²) in [5.74, 6) is 0.433. The summed E-state index contributed by atoms with van der Waals surface area (Å²) in [7, 11) is 0. The highest BCUT2D eigenvalue weighted by atomic mass is 16.6. The number of hydrogen-bond donors (Lipinski definition) is 0. The first-order chi connectivity index (χ1) is 11.8. The fraction of sp³-hybridized carbons (Fsp3) is 0.333. The summed E-state index contributed by atoms with van der Waals surface area (Å²) in [5.41, 5.74) is 2.79. The van der Waals surface area contributed by atoms with Gasteiger partial charge in [0.15, 0.2) is 0 Å². The van der Waals surface area contributed by atoms with Gasteiger partial charge in [0, 0.05) is 11.1 Å². The van der Waals surface area contributed by atoms with Gasteiger partial charge in [0.2, 0.25) is 0 Å². The molecule has 0 heterocycles. The van der Waals surface area contributed by atoms with Gasteiger partial charge in [0.1, 0.15) is 24.2 Å². The highest BCUT2D eigenvalue weighted by molar-refractivity contribution is 5.78. The largest absolute Gasteiger partial charge is 0.489 e. The zero-order chi connectivity index (χ0) is 18.4. The van der Waals surface area contributed by atoms with Crippen molar-refractivity contribution >= 4 is 12.3 Å². The molecule has 0 radical (unpaired) electrons. The maximum absolute atomic E-state index is 11.9. The van der Waals surface area contributed by atoms with E-state index in [1.807, 2.05) is 58.0 Å². The molecular weight excluding hydrogens is 316 g/mol. The summed E-state index contributed by atoms with van der Waals surface area (Å²) in [6.07, 6.45) is 1.05. The van der Waals surface area contributed by atoms with Crippen LogP contribution in [0, 0.1) is 6.92 Å². The molecule has 2 aromatic carbocycles. The molecular formula is C21H24O4. The number of esters is 1. The molecule has 0 saturated carbocycles. The molecule has 0 saturated heterocycles. The van der Waals surface area contributed by atoms with Crippen LogP contribution in [0.25, 0.3) is 0 Å². The third-order valence-corrected chi connectivity index (χ3v) is 3.61. The first-order valence-corrected chi connectivity index (χ1v) is 8.26. The second kappa shape index (κ2) is 7.97. The molecule has 0 spiro atoms. The van der Waals surface area contributed by atoms with E-state index in [4.69, 9.17) is 9.47 Å². The Morgan fingerprint density at radius 2 is 1.76 bits per heavy atom. The van der Waals surface area contributed by atoms with E-state index in [0.717, 1.165) is 23.0 Å². The number of benzene rings is 2. The molecule has 0 aromatic heterocycles. The molecule has 0 aliphatic carbocycles. The van der Waals surface area contributed by atoms with Crippen molar-refractivity contribution in [3.05, 3.63) is 64.7 Å². The first-order valence-electron chi connectivity index (χ1n) is 8.26. The molecule has 132 valence electrons. The highest BCUT2D eigenvalue weighted by Crippen LogP contribution is 2.21. The van der Waals surface area contributed by atoms with Crippen LogP contribution in [0.1, 0.15) is 47.8 Å². The normalized spacial score (nSPS) is 11.0. The summed E-state index contributed by atoms with van der Waals surface area (Å²) in [6.45, 7) is 7.78. The van der Waals surface area contributed by atoms with Gasteiger partial charge in [-0.15, -0.1) is 0 Å². The maximum Gasteiger partial charge on any atom is 0.310 e. The lowest BCUT2D eigenvalue weighted by Gasteiger charge is -2.19. The second-order valence-corrected chi connectivity index (χ2v) is 6.96. The quantitative estimate of drug-likeness (QED) is 0.582. The molecule has 0 aliphatic heterocycles. The van der Waals surface area contributed by atoms with E-state index in [1.165, 1.54) is 0 Å². The number of hydrogen-bond acceptors (Lipinski definition) is 4. The zero-order valence-electron chi connectivity index (χ0n) is 15.2. The second-order valence-electron chi connectivity index (χ2n) is 6.96. The Labute approximate surface area is 148 Å². The summed E-state index contributed by atoms with van der Waals surface area (Å²) >= 11 is 0. The molecule has 2 rings (SSSR count). The summed E-state index contributed by atoms with van der Waals surface area (Å²) < 4.78 is 11.2. The zero-order valence-corrected chi connectivity index (χ0v) is 15.2. The number of aldehydes is 1. The van der Waals surface area contributed by atoms with Gasteiger partial charge in [-0.25, -0.2) is 0 Å². The topological polar surface area (TPSA) is 52.6 Å². The van der Waals surface area contributed by atoms with Crippen LogP contribution >= 0.6 is 0 Å². The van der Waals surface area contributed by atoms with E-state index in [-0.39, 0.29) is 12.4 Å². The van der Waals surface area contributed by atoms with Crippen LogP contribution in [-0.2, 0) is 22.6 Å². The molecule has 0 N–H and O–H groups in total. The van der Waals surface area contributed by atoms with Gasteiger partial charge in [-0.3, -0.25) is 9.59 Å². The van der Waals surface area contributed by atoms with E-state index >= 15 is 0 Å². The lowest BCUT2D eigenvalue weighted by Crippen LogP contribution is -2.24. The van der Waals surface area contributed by atoms with Gasteiger partial charge in [0.05, 0.1) is 6.42 Å². The van der Waals surface area contributed by atoms with Crippen LogP contribution in [0.5, 0.6) is 5.75 Å². The summed E-state index contributed by atoms with van der Waals surface area (Å²) in [6, 6.07) is 13.1. The molecule has 0 amide bonds. The van der Waals surface area contributed by atoms with Crippen LogP contribution in [0.15, 0.2) is 42.5 Å². The van der Waals surface area contributed by atoms with Crippen molar-refractivity contribution in [3.63, 3.8) is 0 Å². The monoisotopic (exact) mass is 340 g/mol. The Morgan fingerprint density at radius 1 is 1.08 bits per heavy atom. The fourth-order valence-electron chi connectivity index (χ4n) is 2.45. The number of carbonyl (C=O) groups excluding carboxylic acids is 2. The van der Waals surface area contributed by atoms with E-state index in [0.29, 0.717) is 17.9 Å². The third-order valence-electron chi connectivity index (χ3n) is 3.61. The summed E-state index contributed by atoms with van der Waals surface area (Å²) in [4.78, 5) is 22.9. The molecule has 25 heavy (non-hydrogen) atoms. The number of rotatable bonds is 6. The van der Waals surface area contributed by atoms with Crippen molar-refractivity contribution < 1.29 is 19.1 Å². The Morgan fingerprint density at radius 3 is 2.44 bits per heavy atom. The Hall–Kier alpha value is -2.62. The van der Waals surface area contributed by atoms with E-state index in [2.05, 4.69) is 0 Å². The average molecular weight is 340 g/mol. The molecule has 0 unspecified atom stereocenters. The SMILES string of the molecule is Cc1c(C=O)cccc1OCc1cccc(CC(=O)OC(C)(C)C)c1. The number of ether oxygens (including phenoxy) is 2. The minimum Gasteiger partial charge on any atom is -0.489 e. The van der Waals surface area contributed by atoms with Crippen molar-refractivity contribution in [3.8, 4) is 5.75 Å². The predicted molar refractivity (Wildman–Crippen MR) is 96.9 cm³/mol. The minimum absolute atomic E-state index is 0.227. The van der Waals surface area contributed by atoms with Crippen LogP contribution in [0.4, 0.5) is 0 Å². The smallest absolute Gasteiger partial charge is 0.310 e. The van der Waals surface area contributed by atoms with Crippen molar-refractivity contribution in [2.45, 2.75) is 46.3 Å². The Balaban J connectivity index is 2.02. The van der Waals surface area contributed by atoms with Crippen molar-refractivity contribution in [2.24, 2.45) is 0 Å². The van der Waals surface area contributed by atoms with E-state index in [1.54, 1.807) is 12.1 Å². The number of carbonyl (C=O) groups is 2. The van der Waals surface area contributed by atoms with Gasteiger partial charge >= 0.3 is 5.97 Å². The molecule has 4 nitrogen and oxygen atoms in total. The van der Waals surface area contributed by atoms with Gasteiger partial charge in [-0.2, -0.15) is 0 Å². The van der Waals surface area contributed by atoms with Gasteiger partial charge < -0.3 is 9.47 Å². The first kappa shape index (κ1) is 18.7. The van der Waals surface area contributed by atoms with Crippen molar-refractivity contribution in [1.82, 2.24) is 0 Å². The van der Waals surface area contributed by atoms with E-state index < -0.39 is 5.60 Å². The van der Waals surface area contributed by atoms with Crippen LogP contribution in [-0.4, -0.2) is 17.9 Å². The molecule has 0 bridgehead atoms. The third kappa shape index (κ3) is 5.75. The molecule has 0 aliphatic rings.